The highest BCUT2D eigenvalue weighted by molar-refractivity contribution is 5.80. The van der Waals surface area contributed by atoms with Crippen LogP contribution in [-0.2, 0) is 0 Å². The van der Waals surface area contributed by atoms with Crippen LogP contribution in [0.4, 0.5) is 0 Å². The third kappa shape index (κ3) is 1.99. The highest BCUT2D eigenvalue weighted by Crippen LogP contribution is 2.45. The number of phenolic OH excluding ortho intramolecular Hbond substituents is 3. The molecule has 0 bridgehead atoms. The lowest BCUT2D eigenvalue weighted by atomic mass is 9.97. The fraction of sp³-hybridized carbons (Fsp3) is 0.200. The average molecular weight is 244 g/mol. The maximum absolute atomic E-state index is 9.98. The van der Waals surface area contributed by atoms with Crippen molar-refractivity contribution in [3.05, 3.63) is 41.0 Å². The first-order chi connectivity index (χ1) is 8.40. The second-order valence-corrected chi connectivity index (χ2v) is 4.66. The van der Waals surface area contributed by atoms with Gasteiger partial charge in [0.25, 0.3) is 0 Å². The minimum Gasteiger partial charge on any atom is -0.507 e. The Morgan fingerprint density at radius 3 is 1.83 bits per heavy atom. The molecule has 0 saturated heterocycles. The van der Waals surface area contributed by atoms with Gasteiger partial charge in [-0.2, -0.15) is 0 Å². The lowest BCUT2D eigenvalue weighted by Gasteiger charge is -2.12. The number of rotatable bonds is 1. The quantitative estimate of drug-likeness (QED) is 0.532. The molecule has 0 heterocycles. The van der Waals surface area contributed by atoms with E-state index in [-0.39, 0.29) is 22.8 Å². The second-order valence-electron chi connectivity index (χ2n) is 4.66. The van der Waals surface area contributed by atoms with Gasteiger partial charge in [0.05, 0.1) is 5.56 Å². The summed E-state index contributed by atoms with van der Waals surface area (Å²) in [5.74, 6) is -0.507. The van der Waals surface area contributed by atoms with E-state index in [0.717, 1.165) is 11.1 Å². The zero-order chi connectivity index (χ0) is 13.4. The van der Waals surface area contributed by atoms with Crippen molar-refractivity contribution in [2.24, 2.45) is 0 Å². The van der Waals surface area contributed by atoms with E-state index in [0.29, 0.717) is 11.1 Å². The Hall–Kier alpha value is -2.16. The molecule has 2 rings (SSSR count). The highest BCUT2D eigenvalue weighted by atomic mass is 16.3. The Labute approximate surface area is 106 Å². The van der Waals surface area contributed by atoms with Gasteiger partial charge < -0.3 is 15.3 Å². The van der Waals surface area contributed by atoms with Crippen LogP contribution in [0, 0.1) is 20.8 Å². The average Bonchev–Trinajstić information content (AvgIpc) is 2.24. The SMILES string of the molecule is Cc1cc(C)cc(-c2c(O)cc(C)c(O)c2O)c1. The summed E-state index contributed by atoms with van der Waals surface area (Å²) >= 11 is 0. The maximum Gasteiger partial charge on any atom is 0.169 e. The summed E-state index contributed by atoms with van der Waals surface area (Å²) in [6.07, 6.45) is 0. The number of benzene rings is 2. The van der Waals surface area contributed by atoms with Crippen molar-refractivity contribution >= 4 is 0 Å². The number of hydrogen-bond donors (Lipinski definition) is 3. The fourth-order valence-electron chi connectivity index (χ4n) is 2.18. The van der Waals surface area contributed by atoms with Crippen LogP contribution in [0.15, 0.2) is 24.3 Å². The largest absolute Gasteiger partial charge is 0.507 e. The molecule has 0 spiro atoms. The standard InChI is InChI=1S/C15H16O3/c1-8-4-9(2)6-11(5-8)13-12(16)7-10(3)14(17)15(13)18/h4-7,16-18H,1-3H3. The van der Waals surface area contributed by atoms with Crippen molar-refractivity contribution in [1.29, 1.82) is 0 Å². The molecule has 0 fully saturated rings. The van der Waals surface area contributed by atoms with Gasteiger partial charge in [-0.1, -0.05) is 29.3 Å². The van der Waals surface area contributed by atoms with E-state index in [1.54, 1.807) is 6.92 Å². The van der Waals surface area contributed by atoms with Crippen LogP contribution in [-0.4, -0.2) is 15.3 Å². The molecule has 2 aromatic rings. The van der Waals surface area contributed by atoms with E-state index in [2.05, 4.69) is 0 Å². The molecule has 0 aliphatic carbocycles. The van der Waals surface area contributed by atoms with Crippen LogP contribution < -0.4 is 0 Å². The van der Waals surface area contributed by atoms with Gasteiger partial charge in [-0.3, -0.25) is 0 Å². The molecule has 3 N–H and O–H groups in total. The predicted octanol–water partition coefficient (Wildman–Crippen LogP) is 3.40. The van der Waals surface area contributed by atoms with E-state index in [1.807, 2.05) is 32.0 Å². The van der Waals surface area contributed by atoms with E-state index in [9.17, 15) is 15.3 Å². The minimum absolute atomic E-state index is 0.0344. The first-order valence-corrected chi connectivity index (χ1v) is 5.73. The summed E-state index contributed by atoms with van der Waals surface area (Å²) in [5.41, 5.74) is 3.47. The predicted molar refractivity (Wildman–Crippen MR) is 71.1 cm³/mol. The molecule has 0 radical (unpaired) electrons. The Bertz CT molecular complexity index is 595. The minimum atomic E-state index is -0.280. The Balaban J connectivity index is 2.75. The van der Waals surface area contributed by atoms with Crippen molar-refractivity contribution in [3.63, 3.8) is 0 Å². The van der Waals surface area contributed by atoms with Crippen LogP contribution >= 0.6 is 0 Å². The van der Waals surface area contributed by atoms with Gasteiger partial charge >= 0.3 is 0 Å². The van der Waals surface area contributed by atoms with Gasteiger partial charge in [0.1, 0.15) is 5.75 Å². The first-order valence-electron chi connectivity index (χ1n) is 5.73. The molecule has 0 aromatic heterocycles. The van der Waals surface area contributed by atoms with Crippen molar-refractivity contribution in [3.8, 4) is 28.4 Å². The first kappa shape index (κ1) is 12.3. The molecule has 0 aliphatic rings. The number of aryl methyl sites for hydroxylation is 3. The van der Waals surface area contributed by atoms with E-state index in [1.165, 1.54) is 6.07 Å². The van der Waals surface area contributed by atoms with E-state index in [4.69, 9.17) is 0 Å². The fourth-order valence-corrected chi connectivity index (χ4v) is 2.18. The van der Waals surface area contributed by atoms with Crippen LogP contribution in [0.3, 0.4) is 0 Å². The Morgan fingerprint density at radius 1 is 0.722 bits per heavy atom. The lowest BCUT2D eigenvalue weighted by Crippen LogP contribution is -1.87. The van der Waals surface area contributed by atoms with Crippen LogP contribution in [0.2, 0.25) is 0 Å². The second kappa shape index (κ2) is 4.26. The summed E-state index contributed by atoms with van der Waals surface area (Å²) in [6.45, 7) is 5.51. The van der Waals surface area contributed by atoms with Gasteiger partial charge in [0.2, 0.25) is 0 Å². The molecule has 3 heteroatoms. The van der Waals surface area contributed by atoms with Gasteiger partial charge in [-0.05, 0) is 38.0 Å². The van der Waals surface area contributed by atoms with Gasteiger partial charge in [-0.25, -0.2) is 0 Å². The topological polar surface area (TPSA) is 60.7 Å². The number of aromatic hydroxyl groups is 3. The van der Waals surface area contributed by atoms with Crippen molar-refractivity contribution in [2.45, 2.75) is 20.8 Å². The third-order valence-electron chi connectivity index (χ3n) is 2.95. The molecule has 18 heavy (non-hydrogen) atoms. The third-order valence-corrected chi connectivity index (χ3v) is 2.95. The van der Waals surface area contributed by atoms with Crippen LogP contribution in [0.1, 0.15) is 16.7 Å². The maximum atomic E-state index is 9.98. The van der Waals surface area contributed by atoms with E-state index >= 15 is 0 Å². The molecule has 0 saturated carbocycles. The smallest absolute Gasteiger partial charge is 0.169 e. The number of hydrogen-bond acceptors (Lipinski definition) is 3. The molecule has 0 atom stereocenters. The Morgan fingerprint density at radius 2 is 1.28 bits per heavy atom. The van der Waals surface area contributed by atoms with Gasteiger partial charge in [0, 0.05) is 0 Å². The van der Waals surface area contributed by atoms with Crippen LogP contribution in [0.5, 0.6) is 17.2 Å². The molecule has 94 valence electrons. The van der Waals surface area contributed by atoms with Crippen molar-refractivity contribution < 1.29 is 15.3 Å². The molecule has 0 aliphatic heterocycles. The summed E-state index contributed by atoms with van der Waals surface area (Å²) in [7, 11) is 0. The summed E-state index contributed by atoms with van der Waals surface area (Å²) < 4.78 is 0. The molecule has 2 aromatic carbocycles. The lowest BCUT2D eigenvalue weighted by molar-refractivity contribution is 0.396. The van der Waals surface area contributed by atoms with Crippen molar-refractivity contribution in [2.75, 3.05) is 0 Å². The molecule has 0 unspecified atom stereocenters. The monoisotopic (exact) mass is 244 g/mol. The van der Waals surface area contributed by atoms with Crippen molar-refractivity contribution in [1.82, 2.24) is 0 Å². The molecule has 0 amide bonds. The molecular weight excluding hydrogens is 228 g/mol. The summed E-state index contributed by atoms with van der Waals surface area (Å²) in [5, 5.41) is 29.7. The number of phenols is 3. The normalized spacial score (nSPS) is 10.6. The Kier molecular flexibility index (Phi) is 2.91. The summed E-state index contributed by atoms with van der Waals surface area (Å²) in [4.78, 5) is 0. The van der Waals surface area contributed by atoms with Crippen LogP contribution in [0.25, 0.3) is 11.1 Å². The van der Waals surface area contributed by atoms with Gasteiger partial charge in [0.15, 0.2) is 11.5 Å². The zero-order valence-electron chi connectivity index (χ0n) is 10.7. The van der Waals surface area contributed by atoms with Gasteiger partial charge in [-0.15, -0.1) is 0 Å². The molecule has 3 nitrogen and oxygen atoms in total. The molecular formula is C15H16O3. The zero-order valence-corrected chi connectivity index (χ0v) is 10.7. The highest BCUT2D eigenvalue weighted by Gasteiger charge is 2.16. The summed E-state index contributed by atoms with van der Waals surface area (Å²) in [6, 6.07) is 7.17. The van der Waals surface area contributed by atoms with E-state index < -0.39 is 0 Å².